The van der Waals surface area contributed by atoms with E-state index in [0.29, 0.717) is 11.7 Å². The van der Waals surface area contributed by atoms with E-state index in [1.165, 1.54) is 6.20 Å². The number of anilines is 1. The van der Waals surface area contributed by atoms with Crippen LogP contribution >= 0.6 is 11.3 Å². The first-order valence-electron chi connectivity index (χ1n) is 5.23. The van der Waals surface area contributed by atoms with Gasteiger partial charge in [0.1, 0.15) is 0 Å². The quantitative estimate of drug-likeness (QED) is 0.829. The third kappa shape index (κ3) is 2.76. The Hall–Kier alpha value is -0.700. The minimum Gasteiger partial charge on any atom is -0.376 e. The molecule has 1 aromatic heterocycles. The van der Waals surface area contributed by atoms with Gasteiger partial charge in [-0.2, -0.15) is 0 Å². The Kier molecular flexibility index (Phi) is 3.39. The van der Waals surface area contributed by atoms with Gasteiger partial charge in [-0.1, -0.05) is 11.3 Å². The normalized spacial score (nSPS) is 18.7. The van der Waals surface area contributed by atoms with Gasteiger partial charge in [-0.05, 0) is 19.3 Å². The highest BCUT2D eigenvalue weighted by Gasteiger charge is 2.36. The first kappa shape index (κ1) is 12.7. The van der Waals surface area contributed by atoms with E-state index < -0.39 is 10.0 Å². The van der Waals surface area contributed by atoms with Gasteiger partial charge < -0.3 is 10.1 Å². The maximum Gasteiger partial charge on any atom is 0.249 e. The molecule has 17 heavy (non-hydrogen) atoms. The van der Waals surface area contributed by atoms with Gasteiger partial charge in [0.15, 0.2) is 9.34 Å². The molecule has 1 aromatic rings. The summed E-state index contributed by atoms with van der Waals surface area (Å²) in [5.74, 6) is 0. The molecule has 1 aliphatic carbocycles. The second-order valence-electron chi connectivity index (χ2n) is 4.12. The van der Waals surface area contributed by atoms with Crippen molar-refractivity contribution in [3.05, 3.63) is 6.20 Å². The van der Waals surface area contributed by atoms with Gasteiger partial charge >= 0.3 is 0 Å². The van der Waals surface area contributed by atoms with Crippen molar-refractivity contribution < 1.29 is 13.2 Å². The first-order chi connectivity index (χ1) is 7.95. The standard InChI is InChI=1S/C9H15N3O3S2/c1-15-9(3-2-4-9)6-12-8-11-5-7(16-8)17(10,13)14/h5H,2-4,6H2,1H3,(H,11,12)(H2,10,13,14). The average Bonchev–Trinajstić information content (AvgIpc) is 2.65. The predicted molar refractivity (Wildman–Crippen MR) is 65.6 cm³/mol. The lowest BCUT2D eigenvalue weighted by Crippen LogP contribution is -2.45. The Balaban J connectivity index is 1.98. The lowest BCUT2D eigenvalue weighted by molar-refractivity contribution is -0.0601. The molecule has 1 saturated carbocycles. The van der Waals surface area contributed by atoms with Crippen LogP contribution < -0.4 is 10.5 Å². The number of rotatable bonds is 5. The lowest BCUT2D eigenvalue weighted by atomic mass is 9.80. The number of nitrogens with zero attached hydrogens (tertiary/aromatic N) is 1. The van der Waals surface area contributed by atoms with Gasteiger partial charge in [0.05, 0.1) is 11.8 Å². The Morgan fingerprint density at radius 2 is 2.35 bits per heavy atom. The number of methoxy groups -OCH3 is 1. The number of ether oxygens (including phenoxy) is 1. The molecule has 0 spiro atoms. The number of primary sulfonamides is 1. The number of aromatic nitrogens is 1. The number of hydrogen-bond donors (Lipinski definition) is 2. The first-order valence-corrected chi connectivity index (χ1v) is 7.59. The van der Waals surface area contributed by atoms with Gasteiger partial charge in [-0.3, -0.25) is 0 Å². The number of sulfonamides is 1. The highest BCUT2D eigenvalue weighted by atomic mass is 32.2. The van der Waals surface area contributed by atoms with Crippen molar-refractivity contribution in [2.24, 2.45) is 5.14 Å². The van der Waals surface area contributed by atoms with Crippen LogP contribution in [0.5, 0.6) is 0 Å². The van der Waals surface area contributed by atoms with Crippen molar-refractivity contribution in [2.75, 3.05) is 19.0 Å². The van der Waals surface area contributed by atoms with Crippen molar-refractivity contribution >= 4 is 26.5 Å². The van der Waals surface area contributed by atoms with Crippen LogP contribution in [0, 0.1) is 0 Å². The van der Waals surface area contributed by atoms with Crippen LogP contribution in [-0.2, 0) is 14.8 Å². The van der Waals surface area contributed by atoms with Crippen molar-refractivity contribution in [1.29, 1.82) is 0 Å². The van der Waals surface area contributed by atoms with Crippen LogP contribution in [0.25, 0.3) is 0 Å². The van der Waals surface area contributed by atoms with Crippen LogP contribution in [0.1, 0.15) is 19.3 Å². The summed E-state index contributed by atoms with van der Waals surface area (Å²) in [4.78, 5) is 3.97. The van der Waals surface area contributed by atoms with Gasteiger partial charge in [-0.15, -0.1) is 0 Å². The Bertz CT molecular complexity index is 488. The molecule has 0 aromatic carbocycles. The molecule has 6 nitrogen and oxygen atoms in total. The zero-order chi connectivity index (χ0) is 12.5. The fourth-order valence-corrected chi connectivity index (χ4v) is 3.18. The number of nitrogens with two attached hydrogens (primary N) is 1. The topological polar surface area (TPSA) is 94.3 Å². The minimum atomic E-state index is -3.65. The monoisotopic (exact) mass is 277 g/mol. The van der Waals surface area contributed by atoms with Crippen LogP contribution in [-0.4, -0.2) is 32.7 Å². The molecule has 0 unspecified atom stereocenters. The Morgan fingerprint density at radius 3 is 2.76 bits per heavy atom. The smallest absolute Gasteiger partial charge is 0.249 e. The molecule has 2 rings (SSSR count). The molecular weight excluding hydrogens is 262 g/mol. The molecule has 0 radical (unpaired) electrons. The molecular formula is C9H15N3O3S2. The molecule has 8 heteroatoms. The molecule has 0 saturated heterocycles. The molecule has 0 aliphatic heterocycles. The molecule has 0 amide bonds. The Labute approximate surface area is 104 Å². The van der Waals surface area contributed by atoms with E-state index in [9.17, 15) is 8.42 Å². The fraction of sp³-hybridized carbons (Fsp3) is 0.667. The maximum atomic E-state index is 11.1. The Morgan fingerprint density at radius 1 is 1.65 bits per heavy atom. The van der Waals surface area contributed by atoms with Crippen LogP contribution in [0.2, 0.25) is 0 Å². The van der Waals surface area contributed by atoms with Crippen molar-refractivity contribution in [1.82, 2.24) is 4.98 Å². The summed E-state index contributed by atoms with van der Waals surface area (Å²) in [6, 6.07) is 0. The van der Waals surface area contributed by atoms with Crippen molar-refractivity contribution in [2.45, 2.75) is 29.1 Å². The van der Waals surface area contributed by atoms with Gasteiger partial charge in [-0.25, -0.2) is 18.5 Å². The molecule has 0 bridgehead atoms. The lowest BCUT2D eigenvalue weighted by Gasteiger charge is -2.40. The molecule has 1 aliphatic rings. The number of thiazole rings is 1. The van der Waals surface area contributed by atoms with Gasteiger partial charge in [0, 0.05) is 13.7 Å². The highest BCUT2D eigenvalue weighted by Crippen LogP contribution is 2.35. The summed E-state index contributed by atoms with van der Waals surface area (Å²) < 4.78 is 27.6. The van der Waals surface area contributed by atoms with E-state index in [-0.39, 0.29) is 9.81 Å². The largest absolute Gasteiger partial charge is 0.376 e. The second-order valence-corrected chi connectivity index (χ2v) is 6.94. The number of hydrogen-bond acceptors (Lipinski definition) is 6. The van der Waals surface area contributed by atoms with Gasteiger partial charge in [0.25, 0.3) is 0 Å². The summed E-state index contributed by atoms with van der Waals surface area (Å²) in [6.07, 6.45) is 4.46. The van der Waals surface area contributed by atoms with Gasteiger partial charge in [0.2, 0.25) is 10.0 Å². The highest BCUT2D eigenvalue weighted by molar-refractivity contribution is 7.91. The summed E-state index contributed by atoms with van der Waals surface area (Å²) >= 11 is 1.03. The van der Waals surface area contributed by atoms with Crippen LogP contribution in [0.15, 0.2) is 10.4 Å². The summed E-state index contributed by atoms with van der Waals surface area (Å²) in [5.41, 5.74) is -0.118. The SMILES string of the molecule is COC1(CNc2ncc(S(N)(=O)=O)s2)CCC1. The molecule has 1 fully saturated rings. The van der Waals surface area contributed by atoms with E-state index in [1.54, 1.807) is 7.11 Å². The van der Waals surface area contributed by atoms with E-state index in [2.05, 4.69) is 10.3 Å². The summed E-state index contributed by atoms with van der Waals surface area (Å²) in [6.45, 7) is 0.640. The number of nitrogens with one attached hydrogen (secondary N) is 1. The zero-order valence-electron chi connectivity index (χ0n) is 9.47. The third-order valence-corrected chi connectivity index (χ3v) is 5.39. The van der Waals surface area contributed by atoms with E-state index in [4.69, 9.17) is 9.88 Å². The molecule has 3 N–H and O–H groups in total. The minimum absolute atomic E-state index is 0.0695. The predicted octanol–water partition coefficient (Wildman–Crippen LogP) is 0.771. The van der Waals surface area contributed by atoms with Crippen molar-refractivity contribution in [3.8, 4) is 0 Å². The second kappa shape index (κ2) is 4.52. The summed E-state index contributed by atoms with van der Waals surface area (Å²) in [7, 11) is -1.96. The molecule has 96 valence electrons. The van der Waals surface area contributed by atoms with E-state index in [1.807, 2.05) is 0 Å². The molecule has 1 heterocycles. The van der Waals surface area contributed by atoms with E-state index in [0.717, 1.165) is 30.6 Å². The van der Waals surface area contributed by atoms with Crippen LogP contribution in [0.3, 0.4) is 0 Å². The van der Waals surface area contributed by atoms with Crippen LogP contribution in [0.4, 0.5) is 5.13 Å². The maximum absolute atomic E-state index is 11.1. The molecule has 0 atom stereocenters. The third-order valence-electron chi connectivity index (χ3n) is 3.02. The van der Waals surface area contributed by atoms with E-state index >= 15 is 0 Å². The average molecular weight is 277 g/mol. The zero-order valence-corrected chi connectivity index (χ0v) is 11.1. The van der Waals surface area contributed by atoms with Crippen molar-refractivity contribution in [3.63, 3.8) is 0 Å². The summed E-state index contributed by atoms with van der Waals surface area (Å²) in [5, 5.41) is 8.65. The fourth-order valence-electron chi connectivity index (χ4n) is 1.73.